The molecule has 0 radical (unpaired) electrons. The fourth-order valence-corrected chi connectivity index (χ4v) is 6.88. The molecule has 230 valence electrons. The van der Waals surface area contributed by atoms with Crippen molar-refractivity contribution >= 4 is 33.7 Å². The Labute approximate surface area is 294 Å². The molecule has 0 spiro atoms. The summed E-state index contributed by atoms with van der Waals surface area (Å²) in [6, 6.07) is 34.8. The number of ether oxygens (including phenoxy) is 2. The smallest absolute Gasteiger partial charge is 0.744 e. The van der Waals surface area contributed by atoms with E-state index >= 15 is 0 Å². The zero-order valence-corrected chi connectivity index (χ0v) is 28.1. The van der Waals surface area contributed by atoms with Gasteiger partial charge in [-0.05, 0) is 62.7 Å². The number of fused-ring (bicyclic) bond motifs is 6. The van der Waals surface area contributed by atoms with Crippen LogP contribution in [0, 0.1) is 0 Å². The molecular weight excluding hydrogens is 627 g/mol. The number of anilines is 2. The Hall–Kier alpha value is -4.45. The van der Waals surface area contributed by atoms with E-state index in [-0.39, 0.29) is 66.0 Å². The van der Waals surface area contributed by atoms with Crippen molar-refractivity contribution in [3.8, 4) is 22.3 Å². The molecule has 0 atom stereocenters. The molecule has 2 amide bonds. The second kappa shape index (κ2) is 13.3. The van der Waals surface area contributed by atoms with E-state index in [1.54, 1.807) is 0 Å². The van der Waals surface area contributed by atoms with Crippen molar-refractivity contribution < 1.29 is 61.6 Å². The van der Waals surface area contributed by atoms with Crippen LogP contribution < -0.4 is 40.2 Å². The number of benzene rings is 5. The summed E-state index contributed by atoms with van der Waals surface area (Å²) in [5, 5.41) is 5.05. The summed E-state index contributed by atoms with van der Waals surface area (Å²) in [5.74, 6) is -0.380. The van der Waals surface area contributed by atoms with Crippen LogP contribution in [0.2, 0.25) is 0 Å². The predicted molar refractivity (Wildman–Crippen MR) is 172 cm³/mol. The van der Waals surface area contributed by atoms with Crippen LogP contribution in [0.4, 0.5) is 21.0 Å². The van der Waals surface area contributed by atoms with Gasteiger partial charge in [-0.2, -0.15) is 0 Å². The standard InChI is InChI=1S/C36H28N2O7S.Na/c39-35(44-20-31-27-13-5-1-9-23(27)24-10-2-6-14-28(24)31)37-33-18-17-22(46(41,42)43)19-34(33)38-36(40)45-21-32-29-15-7-3-11-25(29)26-12-4-8-16-30(26)32;/h1-19,31-32H,20-21H2,(H,37,39)(H,38,40)(H,41,42,43);/q;+1/p-1. The average Bonchev–Trinajstić information content (AvgIpc) is 3.55. The normalized spacial score (nSPS) is 13.0. The number of nitrogens with one attached hydrogen (secondary N) is 2. The third-order valence-corrected chi connectivity index (χ3v) is 9.27. The SMILES string of the molecule is O=C(Nc1ccc(S(=O)(=O)[O-])cc1NC(=O)OCC1c2ccccc2-c2ccccc21)OCC1c2ccccc2-c2ccccc21.[Na+]. The number of hydrogen-bond donors (Lipinski definition) is 2. The van der Waals surface area contributed by atoms with Crippen molar-refractivity contribution in [3.05, 3.63) is 138 Å². The Bertz CT molecular complexity index is 2030. The number of hydrogen-bond acceptors (Lipinski definition) is 7. The summed E-state index contributed by atoms with van der Waals surface area (Å²) in [4.78, 5) is 25.4. The van der Waals surface area contributed by atoms with Gasteiger partial charge in [-0.3, -0.25) is 10.6 Å². The van der Waals surface area contributed by atoms with E-state index in [4.69, 9.17) is 9.47 Å². The van der Waals surface area contributed by atoms with Gasteiger partial charge in [-0.25, -0.2) is 18.0 Å². The molecule has 9 nitrogen and oxygen atoms in total. The Kier molecular flexibility index (Phi) is 9.23. The first-order valence-electron chi connectivity index (χ1n) is 14.6. The van der Waals surface area contributed by atoms with Crippen molar-refractivity contribution in [1.82, 2.24) is 0 Å². The predicted octanol–water partition coefficient (Wildman–Crippen LogP) is 4.32. The zero-order chi connectivity index (χ0) is 31.8. The van der Waals surface area contributed by atoms with Crippen molar-refractivity contribution in [2.75, 3.05) is 23.8 Å². The summed E-state index contributed by atoms with van der Waals surface area (Å²) in [7, 11) is -4.86. The van der Waals surface area contributed by atoms with E-state index in [0.717, 1.165) is 56.6 Å². The number of carbonyl (C=O) groups is 2. The summed E-state index contributed by atoms with van der Waals surface area (Å²) >= 11 is 0. The largest absolute Gasteiger partial charge is 1.00 e. The van der Waals surface area contributed by atoms with Crippen molar-refractivity contribution in [2.24, 2.45) is 0 Å². The quantitative estimate of drug-likeness (QED) is 0.197. The maximum atomic E-state index is 13.0. The summed E-state index contributed by atoms with van der Waals surface area (Å²) in [6.07, 6.45) is -1.71. The fourth-order valence-electron chi connectivity index (χ4n) is 6.38. The molecule has 2 N–H and O–H groups in total. The fraction of sp³-hybridized carbons (Fsp3) is 0.111. The van der Waals surface area contributed by atoms with E-state index < -0.39 is 27.2 Å². The average molecular weight is 655 g/mol. The minimum Gasteiger partial charge on any atom is -0.744 e. The van der Waals surface area contributed by atoms with E-state index in [2.05, 4.69) is 10.6 Å². The molecule has 0 fully saturated rings. The molecule has 2 aliphatic rings. The van der Waals surface area contributed by atoms with Crippen LogP contribution in [0.1, 0.15) is 34.1 Å². The van der Waals surface area contributed by atoms with Gasteiger partial charge < -0.3 is 14.0 Å². The van der Waals surface area contributed by atoms with Gasteiger partial charge >= 0.3 is 41.7 Å². The minimum absolute atomic E-state index is 0. The van der Waals surface area contributed by atoms with Gasteiger partial charge in [0, 0.05) is 11.8 Å². The van der Waals surface area contributed by atoms with Crippen LogP contribution in [-0.4, -0.2) is 38.4 Å². The van der Waals surface area contributed by atoms with Gasteiger partial charge in [-0.1, -0.05) is 97.1 Å². The molecule has 0 bridgehead atoms. The van der Waals surface area contributed by atoms with Gasteiger partial charge in [0.05, 0.1) is 16.3 Å². The molecular formula is C36H27N2NaO7S. The third-order valence-electron chi connectivity index (χ3n) is 8.44. The molecule has 0 aliphatic heterocycles. The van der Waals surface area contributed by atoms with E-state index in [1.807, 2.05) is 97.1 Å². The number of rotatable bonds is 7. The van der Waals surface area contributed by atoms with Crippen LogP contribution in [0.15, 0.2) is 120 Å². The van der Waals surface area contributed by atoms with Crippen molar-refractivity contribution in [1.29, 1.82) is 0 Å². The van der Waals surface area contributed by atoms with Crippen LogP contribution in [0.25, 0.3) is 22.3 Å². The van der Waals surface area contributed by atoms with Crippen LogP contribution in [0.3, 0.4) is 0 Å². The first-order valence-corrected chi connectivity index (χ1v) is 16.0. The van der Waals surface area contributed by atoms with Crippen molar-refractivity contribution in [3.63, 3.8) is 0 Å². The van der Waals surface area contributed by atoms with Gasteiger partial charge in [0.15, 0.2) is 0 Å². The van der Waals surface area contributed by atoms with Crippen LogP contribution in [0.5, 0.6) is 0 Å². The van der Waals surface area contributed by atoms with Gasteiger partial charge in [0.1, 0.15) is 23.3 Å². The van der Waals surface area contributed by atoms with E-state index in [0.29, 0.717) is 0 Å². The summed E-state index contributed by atoms with van der Waals surface area (Å²) in [6.45, 7) is 0.0522. The van der Waals surface area contributed by atoms with Crippen LogP contribution >= 0.6 is 0 Å². The first kappa shape index (κ1) is 32.5. The molecule has 0 aromatic heterocycles. The molecule has 0 saturated heterocycles. The second-order valence-electron chi connectivity index (χ2n) is 11.1. The molecule has 11 heteroatoms. The van der Waals surface area contributed by atoms with E-state index in [1.165, 1.54) is 6.07 Å². The summed E-state index contributed by atoms with van der Waals surface area (Å²) < 4.78 is 46.5. The molecule has 0 heterocycles. The van der Waals surface area contributed by atoms with E-state index in [9.17, 15) is 22.6 Å². The van der Waals surface area contributed by atoms with Gasteiger partial charge in [0.25, 0.3) is 0 Å². The first-order chi connectivity index (χ1) is 22.3. The molecule has 0 unspecified atom stereocenters. The molecule has 5 aromatic rings. The Morgan fingerprint density at radius 2 is 0.936 bits per heavy atom. The molecule has 47 heavy (non-hydrogen) atoms. The third kappa shape index (κ3) is 6.43. The van der Waals surface area contributed by atoms with Gasteiger partial charge in [0.2, 0.25) is 0 Å². The number of carbonyl (C=O) groups excluding carboxylic acids is 2. The maximum absolute atomic E-state index is 13.0. The monoisotopic (exact) mass is 654 g/mol. The Morgan fingerprint density at radius 3 is 1.32 bits per heavy atom. The topological polar surface area (TPSA) is 134 Å². The second-order valence-corrected chi connectivity index (χ2v) is 12.4. The molecule has 7 rings (SSSR count). The number of amides is 2. The molecule has 5 aromatic carbocycles. The minimum atomic E-state index is -4.86. The van der Waals surface area contributed by atoms with Crippen molar-refractivity contribution in [2.45, 2.75) is 16.7 Å². The Morgan fingerprint density at radius 1 is 0.574 bits per heavy atom. The van der Waals surface area contributed by atoms with Gasteiger partial charge in [-0.15, -0.1) is 0 Å². The molecule has 0 saturated carbocycles. The maximum Gasteiger partial charge on any atom is 1.00 e. The zero-order valence-electron chi connectivity index (χ0n) is 25.3. The Balaban J connectivity index is 0.00000386. The summed E-state index contributed by atoms with van der Waals surface area (Å²) in [5.41, 5.74) is 8.30. The molecule has 2 aliphatic carbocycles. The van der Waals surface area contributed by atoms with Crippen LogP contribution in [-0.2, 0) is 19.6 Å².